The van der Waals surface area contributed by atoms with Crippen molar-refractivity contribution in [3.05, 3.63) is 119 Å². The van der Waals surface area contributed by atoms with E-state index in [0.717, 1.165) is 5.56 Å². The zero-order valence-electron chi connectivity index (χ0n) is 23.3. The van der Waals surface area contributed by atoms with Gasteiger partial charge >= 0.3 is 0 Å². The lowest BCUT2D eigenvalue weighted by Gasteiger charge is -2.32. The van der Waals surface area contributed by atoms with Gasteiger partial charge in [-0.05, 0) is 58.7 Å². The van der Waals surface area contributed by atoms with Crippen molar-refractivity contribution < 1.29 is 32.9 Å². The molecule has 9 heteroatoms. The van der Waals surface area contributed by atoms with E-state index in [4.69, 9.17) is 18.9 Å². The van der Waals surface area contributed by atoms with E-state index in [2.05, 4.69) is 5.32 Å². The molecule has 0 aromatic heterocycles. The van der Waals surface area contributed by atoms with E-state index in [9.17, 15) is 14.0 Å². The summed E-state index contributed by atoms with van der Waals surface area (Å²) in [6, 6.07) is 24.8. The average molecular weight is 571 g/mol. The molecular formula is C33H31FN2O6. The topological polar surface area (TPSA) is 86.3 Å². The van der Waals surface area contributed by atoms with Crippen molar-refractivity contribution in [3.8, 4) is 23.0 Å². The second-order valence-corrected chi connectivity index (χ2v) is 9.73. The molecule has 8 nitrogen and oxygen atoms in total. The lowest BCUT2D eigenvalue weighted by Crippen LogP contribution is -2.43. The summed E-state index contributed by atoms with van der Waals surface area (Å²) in [5.41, 5.74) is 2.83. The Balaban J connectivity index is 1.45. The van der Waals surface area contributed by atoms with Crippen LogP contribution < -0.4 is 24.3 Å². The lowest BCUT2D eigenvalue weighted by atomic mass is 10.0. The predicted molar refractivity (Wildman–Crippen MR) is 154 cm³/mol. The molecule has 0 saturated carbocycles. The van der Waals surface area contributed by atoms with E-state index in [-0.39, 0.29) is 43.9 Å². The van der Waals surface area contributed by atoms with E-state index in [1.807, 2.05) is 42.5 Å². The van der Waals surface area contributed by atoms with Crippen LogP contribution in [0.15, 0.2) is 91.0 Å². The highest BCUT2D eigenvalue weighted by Gasteiger charge is 2.32. The highest BCUT2D eigenvalue weighted by molar-refractivity contribution is 5.89. The summed E-state index contributed by atoms with van der Waals surface area (Å²) >= 11 is 0. The zero-order chi connectivity index (χ0) is 29.5. The van der Waals surface area contributed by atoms with Gasteiger partial charge in [0.25, 0.3) is 0 Å². The van der Waals surface area contributed by atoms with Crippen molar-refractivity contribution in [1.82, 2.24) is 10.2 Å². The number of hydrogen-bond donors (Lipinski definition) is 1. The summed E-state index contributed by atoms with van der Waals surface area (Å²) in [4.78, 5) is 29.5. The van der Waals surface area contributed by atoms with Crippen molar-refractivity contribution in [2.75, 3.05) is 21.0 Å². The second-order valence-electron chi connectivity index (χ2n) is 9.73. The van der Waals surface area contributed by atoms with Crippen LogP contribution in [0.3, 0.4) is 0 Å². The summed E-state index contributed by atoms with van der Waals surface area (Å²) in [6.07, 6.45) is 0.000321. The SMILES string of the molecule is COc1ccc(CC(=O)N(Cc2ccc(F)cc2)C(C(=O)NCc2ccc3c(c2)OCO3)c2ccccc2)cc1OC. The van der Waals surface area contributed by atoms with Crippen molar-refractivity contribution in [1.29, 1.82) is 0 Å². The maximum Gasteiger partial charge on any atom is 0.247 e. The van der Waals surface area contributed by atoms with Gasteiger partial charge in [-0.25, -0.2) is 4.39 Å². The molecule has 4 aromatic carbocycles. The second kappa shape index (κ2) is 13.1. The van der Waals surface area contributed by atoms with E-state index in [0.29, 0.717) is 39.7 Å². The molecule has 1 aliphatic rings. The predicted octanol–water partition coefficient (Wildman–Crippen LogP) is 5.20. The summed E-state index contributed by atoms with van der Waals surface area (Å²) in [5, 5.41) is 2.99. The molecule has 42 heavy (non-hydrogen) atoms. The van der Waals surface area contributed by atoms with Crippen LogP contribution in [-0.4, -0.2) is 37.7 Å². The molecule has 4 aromatic rings. The molecule has 0 aliphatic carbocycles. The van der Waals surface area contributed by atoms with Crippen LogP contribution in [0.4, 0.5) is 4.39 Å². The van der Waals surface area contributed by atoms with Crippen LogP contribution in [0.5, 0.6) is 23.0 Å². The van der Waals surface area contributed by atoms with Crippen molar-refractivity contribution in [3.63, 3.8) is 0 Å². The largest absolute Gasteiger partial charge is 0.493 e. The number of hydrogen-bond acceptors (Lipinski definition) is 6. The standard InChI is InChI=1S/C33H31FN2O6/c1-39-27-14-10-23(16-29(27)40-2)18-31(37)36(20-22-8-12-26(34)13-9-22)32(25-6-4-3-5-7-25)33(38)35-19-24-11-15-28-30(17-24)42-21-41-28/h3-17,32H,18-21H2,1-2H3,(H,35,38). The third kappa shape index (κ3) is 6.63. The number of halogens is 1. The molecule has 5 rings (SSSR count). The quantitative estimate of drug-likeness (QED) is 0.267. The van der Waals surface area contributed by atoms with E-state index >= 15 is 0 Å². The summed E-state index contributed by atoms with van der Waals surface area (Å²) in [5.74, 6) is 1.27. The molecule has 0 fully saturated rings. The number of benzene rings is 4. The monoisotopic (exact) mass is 570 g/mol. The molecule has 0 radical (unpaired) electrons. The molecule has 0 bridgehead atoms. The maximum absolute atomic E-state index is 14.0. The number of methoxy groups -OCH3 is 2. The van der Waals surface area contributed by atoms with Gasteiger partial charge in [0.15, 0.2) is 23.0 Å². The van der Waals surface area contributed by atoms with Gasteiger partial charge in [-0.2, -0.15) is 0 Å². The van der Waals surface area contributed by atoms with Crippen LogP contribution in [0.2, 0.25) is 0 Å². The first-order valence-corrected chi connectivity index (χ1v) is 13.4. The molecule has 2 amide bonds. The van der Waals surface area contributed by atoms with Crippen LogP contribution in [0.1, 0.15) is 28.3 Å². The number of nitrogens with one attached hydrogen (secondary N) is 1. The highest BCUT2D eigenvalue weighted by atomic mass is 19.1. The van der Waals surface area contributed by atoms with Gasteiger partial charge in [0, 0.05) is 13.1 Å². The fourth-order valence-corrected chi connectivity index (χ4v) is 4.82. The van der Waals surface area contributed by atoms with Gasteiger partial charge in [-0.1, -0.05) is 54.6 Å². The Labute approximate surface area is 243 Å². The average Bonchev–Trinajstić information content (AvgIpc) is 3.49. The summed E-state index contributed by atoms with van der Waals surface area (Å²) < 4.78 is 35.3. The Morgan fingerprint density at radius 2 is 1.52 bits per heavy atom. The van der Waals surface area contributed by atoms with Gasteiger partial charge in [-0.3, -0.25) is 9.59 Å². The van der Waals surface area contributed by atoms with E-state index < -0.39 is 6.04 Å². The Hall–Kier alpha value is -5.05. The van der Waals surface area contributed by atoms with Crippen LogP contribution >= 0.6 is 0 Å². The van der Waals surface area contributed by atoms with E-state index in [1.54, 1.807) is 43.5 Å². The molecule has 1 N–H and O–H groups in total. The Morgan fingerprint density at radius 1 is 0.833 bits per heavy atom. The molecule has 1 aliphatic heterocycles. The van der Waals surface area contributed by atoms with Crippen LogP contribution in [0, 0.1) is 5.82 Å². The van der Waals surface area contributed by atoms with Crippen LogP contribution in [-0.2, 0) is 29.1 Å². The number of carbonyl (C=O) groups excluding carboxylic acids is 2. The van der Waals surface area contributed by atoms with Gasteiger partial charge in [0.05, 0.1) is 20.6 Å². The molecular weight excluding hydrogens is 539 g/mol. The fourth-order valence-electron chi connectivity index (χ4n) is 4.82. The number of nitrogens with zero attached hydrogens (tertiary/aromatic N) is 1. The third-order valence-electron chi connectivity index (χ3n) is 6.97. The number of rotatable bonds is 11. The third-order valence-corrected chi connectivity index (χ3v) is 6.97. The summed E-state index contributed by atoms with van der Waals surface area (Å²) in [7, 11) is 3.07. The molecule has 1 atom stereocenters. The van der Waals surface area contributed by atoms with Crippen molar-refractivity contribution >= 4 is 11.8 Å². The minimum absolute atomic E-state index is 0.000321. The molecule has 1 unspecified atom stereocenters. The molecule has 216 valence electrons. The summed E-state index contributed by atoms with van der Waals surface area (Å²) in [6.45, 7) is 0.457. The number of carbonyl (C=O) groups is 2. The number of amides is 2. The lowest BCUT2D eigenvalue weighted by molar-refractivity contribution is -0.141. The zero-order valence-corrected chi connectivity index (χ0v) is 23.3. The Morgan fingerprint density at radius 3 is 2.26 bits per heavy atom. The highest BCUT2D eigenvalue weighted by Crippen LogP contribution is 2.33. The molecule has 0 spiro atoms. The van der Waals surface area contributed by atoms with Gasteiger partial charge in [0.1, 0.15) is 11.9 Å². The number of fused-ring (bicyclic) bond motifs is 1. The molecule has 0 saturated heterocycles. The normalized spacial score (nSPS) is 12.4. The maximum atomic E-state index is 14.0. The first kappa shape index (κ1) is 28.5. The van der Waals surface area contributed by atoms with Crippen molar-refractivity contribution in [2.45, 2.75) is 25.6 Å². The van der Waals surface area contributed by atoms with Crippen LogP contribution in [0.25, 0.3) is 0 Å². The smallest absolute Gasteiger partial charge is 0.247 e. The Kier molecular flexibility index (Phi) is 8.87. The minimum atomic E-state index is -0.960. The minimum Gasteiger partial charge on any atom is -0.493 e. The van der Waals surface area contributed by atoms with Crippen molar-refractivity contribution in [2.24, 2.45) is 0 Å². The van der Waals surface area contributed by atoms with E-state index in [1.165, 1.54) is 24.1 Å². The fraction of sp³-hybridized carbons (Fsp3) is 0.212. The number of ether oxygens (including phenoxy) is 4. The van der Waals surface area contributed by atoms with Gasteiger partial charge in [-0.15, -0.1) is 0 Å². The van der Waals surface area contributed by atoms with Gasteiger partial charge < -0.3 is 29.2 Å². The first-order chi connectivity index (χ1) is 20.4. The van der Waals surface area contributed by atoms with Gasteiger partial charge in [0.2, 0.25) is 18.6 Å². The first-order valence-electron chi connectivity index (χ1n) is 13.4. The Bertz CT molecular complexity index is 1540. The molecule has 1 heterocycles.